The van der Waals surface area contributed by atoms with Gasteiger partial charge in [-0.25, -0.2) is 9.67 Å². The van der Waals surface area contributed by atoms with Gasteiger partial charge in [0, 0.05) is 48.4 Å². The van der Waals surface area contributed by atoms with Crippen LogP contribution in [0.1, 0.15) is 29.8 Å². The minimum atomic E-state index is -0.508. The third kappa shape index (κ3) is 4.32. The predicted molar refractivity (Wildman–Crippen MR) is 104 cm³/mol. The van der Waals surface area contributed by atoms with Crippen molar-refractivity contribution in [2.24, 2.45) is 0 Å². The third-order valence-corrected chi connectivity index (χ3v) is 3.93. The summed E-state index contributed by atoms with van der Waals surface area (Å²) >= 11 is 0. The van der Waals surface area contributed by atoms with Gasteiger partial charge in [-0.1, -0.05) is 6.07 Å². The van der Waals surface area contributed by atoms with Crippen LogP contribution in [0.3, 0.4) is 0 Å². The summed E-state index contributed by atoms with van der Waals surface area (Å²) in [7, 11) is 0. The maximum atomic E-state index is 12.1. The summed E-state index contributed by atoms with van der Waals surface area (Å²) in [6.45, 7) is 3.96. The quantitative estimate of drug-likeness (QED) is 0.481. The summed E-state index contributed by atoms with van der Waals surface area (Å²) in [6, 6.07) is 9.76. The molecule has 9 nitrogen and oxygen atoms in total. The Morgan fingerprint density at radius 3 is 2.75 bits per heavy atom. The molecule has 2 N–H and O–H groups in total. The molecule has 0 radical (unpaired) electrons. The van der Waals surface area contributed by atoms with Gasteiger partial charge >= 0.3 is 0 Å². The Morgan fingerprint density at radius 2 is 2.07 bits per heavy atom. The summed E-state index contributed by atoms with van der Waals surface area (Å²) in [4.78, 5) is 27.4. The number of carbonyl (C=O) groups excluding carboxylic acids is 1. The van der Waals surface area contributed by atoms with Crippen molar-refractivity contribution < 1.29 is 9.72 Å². The van der Waals surface area contributed by atoms with Crippen LogP contribution in [0.5, 0.6) is 0 Å². The zero-order valence-corrected chi connectivity index (χ0v) is 15.5. The van der Waals surface area contributed by atoms with E-state index in [0.717, 1.165) is 5.56 Å². The number of nitro groups is 1. The molecule has 0 aliphatic heterocycles. The molecule has 3 rings (SSSR count). The number of amides is 1. The highest BCUT2D eigenvalue weighted by atomic mass is 16.6. The summed E-state index contributed by atoms with van der Waals surface area (Å²) in [6.07, 6.45) is 5.08. The van der Waals surface area contributed by atoms with Crippen LogP contribution in [-0.2, 0) is 6.54 Å². The second kappa shape index (κ2) is 8.30. The van der Waals surface area contributed by atoms with Crippen molar-refractivity contribution in [3.05, 3.63) is 76.2 Å². The fraction of sp³-hybridized carbons (Fsp3) is 0.211. The van der Waals surface area contributed by atoms with Gasteiger partial charge in [0.25, 0.3) is 11.6 Å². The normalized spacial score (nSPS) is 10.7. The van der Waals surface area contributed by atoms with Gasteiger partial charge in [-0.05, 0) is 38.1 Å². The van der Waals surface area contributed by atoms with Crippen molar-refractivity contribution in [1.82, 2.24) is 20.1 Å². The lowest BCUT2D eigenvalue weighted by molar-refractivity contribution is -0.384. The number of carbonyl (C=O) groups is 1. The molecule has 0 unspecified atom stereocenters. The highest BCUT2D eigenvalue weighted by Crippen LogP contribution is 2.26. The van der Waals surface area contributed by atoms with Crippen molar-refractivity contribution in [2.75, 3.05) is 5.32 Å². The van der Waals surface area contributed by atoms with Gasteiger partial charge in [0.15, 0.2) is 5.82 Å². The van der Waals surface area contributed by atoms with Crippen LogP contribution in [0.2, 0.25) is 0 Å². The van der Waals surface area contributed by atoms with Crippen LogP contribution in [0, 0.1) is 10.1 Å². The Hall–Kier alpha value is -3.75. The number of hydrogen-bond acceptors (Lipinski definition) is 6. The second-order valence-electron chi connectivity index (χ2n) is 6.41. The summed E-state index contributed by atoms with van der Waals surface area (Å²) in [5.41, 5.74) is 1.22. The Balaban J connectivity index is 1.84. The van der Waals surface area contributed by atoms with Gasteiger partial charge in [0.2, 0.25) is 0 Å². The van der Waals surface area contributed by atoms with Crippen LogP contribution in [0.4, 0.5) is 11.4 Å². The SMILES string of the molecule is CC(C)NC(=O)c1ccc(NCc2cccnc2-n2cccn2)c([N+](=O)[O-])c1. The van der Waals surface area contributed by atoms with Crippen molar-refractivity contribution in [3.8, 4) is 5.82 Å². The number of anilines is 1. The van der Waals surface area contributed by atoms with Crippen molar-refractivity contribution >= 4 is 17.3 Å². The molecule has 0 bridgehead atoms. The van der Waals surface area contributed by atoms with E-state index < -0.39 is 4.92 Å². The van der Waals surface area contributed by atoms with Crippen molar-refractivity contribution in [2.45, 2.75) is 26.4 Å². The molecule has 0 atom stereocenters. The molecule has 0 saturated carbocycles. The summed E-state index contributed by atoms with van der Waals surface area (Å²) < 4.78 is 1.63. The molecule has 0 aliphatic rings. The van der Waals surface area contributed by atoms with Gasteiger partial charge in [0.05, 0.1) is 4.92 Å². The first-order chi connectivity index (χ1) is 13.5. The van der Waals surface area contributed by atoms with Gasteiger partial charge < -0.3 is 10.6 Å². The standard InChI is InChI=1S/C19H20N6O3/c1-13(2)23-19(26)14-6-7-16(17(11-14)25(27)28)21-12-15-5-3-8-20-18(15)24-10-4-9-22-24/h3-11,13,21H,12H2,1-2H3,(H,23,26). The molecule has 9 heteroatoms. The lowest BCUT2D eigenvalue weighted by Gasteiger charge is -2.12. The van der Waals surface area contributed by atoms with Crippen LogP contribution in [-0.4, -0.2) is 31.6 Å². The van der Waals surface area contributed by atoms with E-state index in [1.54, 1.807) is 41.5 Å². The number of nitrogens with one attached hydrogen (secondary N) is 2. The molecule has 2 aromatic heterocycles. The zero-order chi connectivity index (χ0) is 20.1. The van der Waals surface area contributed by atoms with Gasteiger partial charge in [-0.2, -0.15) is 5.10 Å². The minimum Gasteiger partial charge on any atom is -0.375 e. The number of rotatable bonds is 7. The Kier molecular flexibility index (Phi) is 5.64. The van der Waals surface area contributed by atoms with E-state index in [-0.39, 0.29) is 23.2 Å². The molecule has 0 fully saturated rings. The maximum Gasteiger partial charge on any atom is 0.293 e. The van der Waals surface area contributed by atoms with E-state index in [4.69, 9.17) is 0 Å². The molecule has 0 saturated heterocycles. The van der Waals surface area contributed by atoms with E-state index in [0.29, 0.717) is 18.1 Å². The van der Waals surface area contributed by atoms with Crippen LogP contribution >= 0.6 is 0 Å². The number of aromatic nitrogens is 3. The van der Waals surface area contributed by atoms with E-state index in [1.807, 2.05) is 19.9 Å². The highest BCUT2D eigenvalue weighted by molar-refractivity contribution is 5.95. The molecule has 1 amide bonds. The number of pyridine rings is 1. The molecule has 144 valence electrons. The first kappa shape index (κ1) is 19.0. The molecule has 1 aromatic carbocycles. The van der Waals surface area contributed by atoms with E-state index in [9.17, 15) is 14.9 Å². The summed E-state index contributed by atoms with van der Waals surface area (Å²) in [5, 5.41) is 21.5. The Morgan fingerprint density at radius 1 is 1.25 bits per heavy atom. The fourth-order valence-electron chi connectivity index (χ4n) is 2.68. The van der Waals surface area contributed by atoms with Gasteiger partial charge in [-0.3, -0.25) is 14.9 Å². The molecular formula is C19H20N6O3. The average molecular weight is 380 g/mol. The van der Waals surface area contributed by atoms with Gasteiger partial charge in [0.1, 0.15) is 5.69 Å². The maximum absolute atomic E-state index is 12.1. The van der Waals surface area contributed by atoms with Crippen LogP contribution in [0.15, 0.2) is 55.0 Å². The topological polar surface area (TPSA) is 115 Å². The lowest BCUT2D eigenvalue weighted by Crippen LogP contribution is -2.30. The molecule has 28 heavy (non-hydrogen) atoms. The fourth-order valence-corrected chi connectivity index (χ4v) is 2.68. The highest BCUT2D eigenvalue weighted by Gasteiger charge is 2.18. The molecule has 0 spiro atoms. The molecular weight excluding hydrogens is 360 g/mol. The number of nitro benzene ring substituents is 1. The number of nitrogens with zero attached hydrogens (tertiary/aromatic N) is 4. The first-order valence-electron chi connectivity index (χ1n) is 8.73. The van der Waals surface area contributed by atoms with E-state index in [1.165, 1.54) is 12.1 Å². The monoisotopic (exact) mass is 380 g/mol. The minimum absolute atomic E-state index is 0.0596. The van der Waals surface area contributed by atoms with Crippen LogP contribution in [0.25, 0.3) is 5.82 Å². The largest absolute Gasteiger partial charge is 0.375 e. The molecule has 3 aromatic rings. The number of benzene rings is 1. The zero-order valence-electron chi connectivity index (χ0n) is 15.5. The van der Waals surface area contributed by atoms with Crippen LogP contribution < -0.4 is 10.6 Å². The summed E-state index contributed by atoms with van der Waals surface area (Å²) in [5.74, 6) is 0.286. The Bertz CT molecular complexity index is 985. The van der Waals surface area contributed by atoms with E-state index in [2.05, 4.69) is 20.7 Å². The number of hydrogen-bond donors (Lipinski definition) is 2. The van der Waals surface area contributed by atoms with Crippen molar-refractivity contribution in [1.29, 1.82) is 0 Å². The molecule has 2 heterocycles. The Labute approximate surface area is 161 Å². The lowest BCUT2D eigenvalue weighted by atomic mass is 10.1. The second-order valence-corrected chi connectivity index (χ2v) is 6.41. The molecule has 0 aliphatic carbocycles. The van der Waals surface area contributed by atoms with Crippen molar-refractivity contribution in [3.63, 3.8) is 0 Å². The first-order valence-corrected chi connectivity index (χ1v) is 8.73. The third-order valence-electron chi connectivity index (χ3n) is 3.93. The average Bonchev–Trinajstić information content (AvgIpc) is 3.20. The smallest absolute Gasteiger partial charge is 0.293 e. The van der Waals surface area contributed by atoms with E-state index >= 15 is 0 Å². The predicted octanol–water partition coefficient (Wildman–Crippen LogP) is 2.93. The van der Waals surface area contributed by atoms with Gasteiger partial charge in [-0.15, -0.1) is 0 Å².